The van der Waals surface area contributed by atoms with Crippen molar-refractivity contribution in [1.82, 2.24) is 0 Å². The van der Waals surface area contributed by atoms with E-state index in [4.69, 9.17) is 0 Å². The maximum atomic E-state index is 2.43. The van der Waals surface area contributed by atoms with Gasteiger partial charge in [-0.2, -0.15) is 0 Å². The summed E-state index contributed by atoms with van der Waals surface area (Å²) < 4.78 is 1.35. The molecule has 12 heavy (non-hydrogen) atoms. The van der Waals surface area contributed by atoms with Gasteiger partial charge in [-0.3, -0.25) is 0 Å². The van der Waals surface area contributed by atoms with Crippen molar-refractivity contribution >= 4 is 0 Å². The normalized spacial score (nSPS) is 35.8. The minimum atomic E-state index is 0.969. The minimum absolute atomic E-state index is 0.969. The Bertz CT molecular complexity index is 133. The molecular weight excluding hydrogens is 146 g/mol. The third-order valence-electron chi connectivity index (χ3n) is 3.22. The molecule has 1 fully saturated rings. The van der Waals surface area contributed by atoms with Gasteiger partial charge in [0.25, 0.3) is 0 Å². The van der Waals surface area contributed by atoms with Crippen molar-refractivity contribution in [3.8, 4) is 0 Å². The Labute approximate surface area is 77.4 Å². The van der Waals surface area contributed by atoms with Crippen LogP contribution in [0.1, 0.15) is 39.5 Å². The molecule has 1 saturated heterocycles. The molecular formula is C11H24N+. The highest BCUT2D eigenvalue weighted by atomic mass is 15.3. The lowest BCUT2D eigenvalue weighted by atomic mass is 10.2. The molecule has 2 unspecified atom stereocenters. The summed E-state index contributed by atoms with van der Waals surface area (Å²) in [5.74, 6) is 0.969. The predicted molar refractivity (Wildman–Crippen MR) is 54.1 cm³/mol. The second-order valence-corrected chi connectivity index (χ2v) is 4.85. The fraction of sp³-hybridized carbons (Fsp3) is 1.00. The van der Waals surface area contributed by atoms with Crippen LogP contribution in [0.4, 0.5) is 0 Å². The Hall–Kier alpha value is -0.0400. The highest BCUT2D eigenvalue weighted by Gasteiger charge is 2.30. The highest BCUT2D eigenvalue weighted by Crippen LogP contribution is 2.22. The SMILES string of the molecule is CCCCC[N+]1(C)CCC(C)C1. The van der Waals surface area contributed by atoms with Gasteiger partial charge in [0.1, 0.15) is 0 Å². The molecule has 1 heteroatoms. The molecule has 0 aromatic rings. The maximum Gasteiger partial charge on any atom is 0.0812 e. The van der Waals surface area contributed by atoms with Crippen LogP contribution in [0.3, 0.4) is 0 Å². The maximum absolute atomic E-state index is 2.43. The lowest BCUT2D eigenvalue weighted by Gasteiger charge is -2.29. The first-order valence-corrected chi connectivity index (χ1v) is 5.50. The van der Waals surface area contributed by atoms with Gasteiger partial charge >= 0.3 is 0 Å². The van der Waals surface area contributed by atoms with Crippen LogP contribution in [0.5, 0.6) is 0 Å². The quantitative estimate of drug-likeness (QED) is 0.449. The molecule has 0 aliphatic carbocycles. The van der Waals surface area contributed by atoms with Gasteiger partial charge in [-0.1, -0.05) is 20.3 Å². The van der Waals surface area contributed by atoms with E-state index in [-0.39, 0.29) is 0 Å². The Morgan fingerprint density at radius 2 is 2.08 bits per heavy atom. The summed E-state index contributed by atoms with van der Waals surface area (Å²) in [6, 6.07) is 0. The highest BCUT2D eigenvalue weighted by molar-refractivity contribution is 4.60. The van der Waals surface area contributed by atoms with Gasteiger partial charge in [-0.15, -0.1) is 0 Å². The van der Waals surface area contributed by atoms with Crippen LogP contribution < -0.4 is 0 Å². The van der Waals surface area contributed by atoms with Crippen LogP contribution in [0.25, 0.3) is 0 Å². The van der Waals surface area contributed by atoms with E-state index in [2.05, 4.69) is 20.9 Å². The van der Waals surface area contributed by atoms with Gasteiger partial charge < -0.3 is 4.48 Å². The predicted octanol–water partition coefficient (Wildman–Crippen LogP) is 2.66. The molecule has 1 rings (SSSR count). The van der Waals surface area contributed by atoms with Crippen molar-refractivity contribution in [2.24, 2.45) is 5.92 Å². The van der Waals surface area contributed by atoms with E-state index in [9.17, 15) is 0 Å². The Balaban J connectivity index is 2.21. The van der Waals surface area contributed by atoms with E-state index in [0.29, 0.717) is 0 Å². The Morgan fingerprint density at radius 3 is 2.58 bits per heavy atom. The van der Waals surface area contributed by atoms with Crippen molar-refractivity contribution in [2.45, 2.75) is 39.5 Å². The second-order valence-electron chi connectivity index (χ2n) is 4.85. The fourth-order valence-corrected chi connectivity index (χ4v) is 2.41. The monoisotopic (exact) mass is 170 g/mol. The minimum Gasteiger partial charge on any atom is -0.326 e. The smallest absolute Gasteiger partial charge is 0.0812 e. The van der Waals surface area contributed by atoms with Crippen LogP contribution >= 0.6 is 0 Å². The number of unbranched alkanes of at least 4 members (excludes halogenated alkanes) is 2. The Kier molecular flexibility index (Phi) is 3.57. The summed E-state index contributed by atoms with van der Waals surface area (Å²) in [5, 5.41) is 0. The summed E-state index contributed by atoms with van der Waals surface area (Å²) in [6.07, 6.45) is 5.65. The summed E-state index contributed by atoms with van der Waals surface area (Å²) in [7, 11) is 2.43. The second kappa shape index (κ2) is 4.27. The number of quaternary nitrogens is 1. The third kappa shape index (κ3) is 2.78. The van der Waals surface area contributed by atoms with Crippen LogP contribution in [0.2, 0.25) is 0 Å². The zero-order valence-electron chi connectivity index (χ0n) is 8.97. The van der Waals surface area contributed by atoms with Gasteiger partial charge in [-0.05, 0) is 12.8 Å². The van der Waals surface area contributed by atoms with Crippen molar-refractivity contribution < 1.29 is 4.48 Å². The first-order valence-electron chi connectivity index (χ1n) is 5.50. The molecule has 1 aliphatic heterocycles. The summed E-state index contributed by atoms with van der Waals surface area (Å²) >= 11 is 0. The molecule has 2 atom stereocenters. The molecule has 0 radical (unpaired) electrons. The molecule has 1 aliphatic rings. The van der Waals surface area contributed by atoms with E-state index in [1.165, 1.54) is 49.8 Å². The largest absolute Gasteiger partial charge is 0.326 e. The summed E-state index contributed by atoms with van der Waals surface area (Å²) in [4.78, 5) is 0. The van der Waals surface area contributed by atoms with E-state index < -0.39 is 0 Å². The lowest BCUT2D eigenvalue weighted by molar-refractivity contribution is -0.899. The van der Waals surface area contributed by atoms with Crippen molar-refractivity contribution in [2.75, 3.05) is 26.7 Å². The molecule has 0 bridgehead atoms. The van der Waals surface area contributed by atoms with Crippen LogP contribution in [-0.2, 0) is 0 Å². The third-order valence-corrected chi connectivity index (χ3v) is 3.22. The zero-order chi connectivity index (χ0) is 9.03. The van der Waals surface area contributed by atoms with Crippen LogP contribution in [-0.4, -0.2) is 31.2 Å². The number of rotatable bonds is 4. The van der Waals surface area contributed by atoms with Crippen LogP contribution in [0, 0.1) is 5.92 Å². The van der Waals surface area contributed by atoms with Crippen molar-refractivity contribution in [3.05, 3.63) is 0 Å². The van der Waals surface area contributed by atoms with Gasteiger partial charge in [-0.25, -0.2) is 0 Å². The number of likely N-dealkylation sites (tertiary alicyclic amines) is 1. The molecule has 1 nitrogen and oxygen atoms in total. The zero-order valence-corrected chi connectivity index (χ0v) is 8.97. The van der Waals surface area contributed by atoms with Crippen molar-refractivity contribution in [3.63, 3.8) is 0 Å². The lowest BCUT2D eigenvalue weighted by Crippen LogP contribution is -2.42. The molecule has 0 saturated carbocycles. The fourth-order valence-electron chi connectivity index (χ4n) is 2.41. The van der Waals surface area contributed by atoms with E-state index in [1.54, 1.807) is 0 Å². The van der Waals surface area contributed by atoms with E-state index >= 15 is 0 Å². The molecule has 0 spiro atoms. The average Bonchev–Trinajstić information content (AvgIpc) is 2.32. The number of hydrogen-bond donors (Lipinski definition) is 0. The van der Waals surface area contributed by atoms with Gasteiger partial charge in [0.05, 0.1) is 26.7 Å². The van der Waals surface area contributed by atoms with E-state index in [0.717, 1.165) is 5.92 Å². The average molecular weight is 170 g/mol. The molecule has 0 N–H and O–H groups in total. The first kappa shape index (κ1) is 10.0. The van der Waals surface area contributed by atoms with Gasteiger partial charge in [0.15, 0.2) is 0 Å². The molecule has 72 valence electrons. The standard InChI is InChI=1S/C11H24N/c1-4-5-6-8-12(3)9-7-11(2)10-12/h11H,4-10H2,1-3H3/q+1. The Morgan fingerprint density at radius 1 is 1.33 bits per heavy atom. The van der Waals surface area contributed by atoms with Crippen molar-refractivity contribution in [1.29, 1.82) is 0 Å². The number of nitrogens with zero attached hydrogens (tertiary/aromatic N) is 1. The summed E-state index contributed by atoms with van der Waals surface area (Å²) in [6.45, 7) is 8.93. The number of hydrogen-bond acceptors (Lipinski definition) is 0. The summed E-state index contributed by atoms with van der Waals surface area (Å²) in [5.41, 5.74) is 0. The van der Waals surface area contributed by atoms with Crippen LogP contribution in [0.15, 0.2) is 0 Å². The van der Waals surface area contributed by atoms with E-state index in [1.807, 2.05) is 0 Å². The molecule has 0 amide bonds. The van der Waals surface area contributed by atoms with Gasteiger partial charge in [0, 0.05) is 12.3 Å². The van der Waals surface area contributed by atoms with Gasteiger partial charge in [0.2, 0.25) is 0 Å². The topological polar surface area (TPSA) is 0 Å². The molecule has 0 aromatic carbocycles. The molecule has 1 heterocycles. The molecule has 0 aromatic heterocycles. The first-order chi connectivity index (χ1) is 5.66.